The van der Waals surface area contributed by atoms with Crippen molar-refractivity contribution in [2.45, 2.75) is 64.8 Å². The first kappa shape index (κ1) is 15.0. The molecule has 0 aromatic rings. The van der Waals surface area contributed by atoms with Crippen molar-refractivity contribution in [2.24, 2.45) is 5.92 Å². The molecule has 2 atom stereocenters. The molecule has 1 fully saturated rings. The van der Waals surface area contributed by atoms with E-state index < -0.39 is 11.8 Å². The summed E-state index contributed by atoms with van der Waals surface area (Å²) in [6, 6.07) is 0.174. The van der Waals surface area contributed by atoms with Crippen LogP contribution in [0.3, 0.4) is 0 Å². The van der Waals surface area contributed by atoms with Crippen LogP contribution >= 0.6 is 0 Å². The molecule has 4 nitrogen and oxygen atoms in total. The zero-order valence-corrected chi connectivity index (χ0v) is 11.6. The third-order valence-corrected chi connectivity index (χ3v) is 3.70. The van der Waals surface area contributed by atoms with Gasteiger partial charge in [0.15, 0.2) is 0 Å². The Bertz CT molecular complexity index is 279. The average molecular weight is 254 g/mol. The Hall–Kier alpha value is -1.06. The fourth-order valence-electron chi connectivity index (χ4n) is 2.42. The third-order valence-electron chi connectivity index (χ3n) is 3.70. The Kier molecular flexibility index (Phi) is 6.76. The summed E-state index contributed by atoms with van der Waals surface area (Å²) >= 11 is 0. The van der Waals surface area contributed by atoms with E-state index in [0.717, 1.165) is 38.5 Å². The number of hydrogen-bond acceptors (Lipinski definition) is 2. The molecule has 0 heterocycles. The Morgan fingerprint density at radius 2 is 1.83 bits per heavy atom. The van der Waals surface area contributed by atoms with Crippen LogP contribution in [0.2, 0.25) is 0 Å². The molecule has 4 heteroatoms. The van der Waals surface area contributed by atoms with E-state index in [4.69, 9.17) is 0 Å². The van der Waals surface area contributed by atoms with Crippen LogP contribution in [0.1, 0.15) is 58.8 Å². The van der Waals surface area contributed by atoms with Crippen LogP contribution in [-0.2, 0) is 9.59 Å². The summed E-state index contributed by atoms with van der Waals surface area (Å²) < 4.78 is 0. The first-order chi connectivity index (χ1) is 8.65. The van der Waals surface area contributed by atoms with E-state index in [1.54, 1.807) is 0 Å². The lowest BCUT2D eigenvalue weighted by Crippen LogP contribution is -2.47. The van der Waals surface area contributed by atoms with Gasteiger partial charge in [0.25, 0.3) is 0 Å². The highest BCUT2D eigenvalue weighted by molar-refractivity contribution is 6.35. The monoisotopic (exact) mass is 254 g/mol. The topological polar surface area (TPSA) is 58.2 Å². The summed E-state index contributed by atoms with van der Waals surface area (Å²) in [5.41, 5.74) is 0. The molecule has 0 radical (unpaired) electrons. The van der Waals surface area contributed by atoms with Crippen molar-refractivity contribution >= 4 is 11.8 Å². The highest BCUT2D eigenvalue weighted by Gasteiger charge is 2.25. The van der Waals surface area contributed by atoms with Gasteiger partial charge >= 0.3 is 11.8 Å². The molecule has 0 aliphatic heterocycles. The van der Waals surface area contributed by atoms with Crippen molar-refractivity contribution < 1.29 is 9.59 Å². The molecule has 1 saturated carbocycles. The SMILES string of the molecule is CCCCCNC(=O)C(=O)N[C@H]1CCCC[C@@H]1C. The molecular weight excluding hydrogens is 228 g/mol. The van der Waals surface area contributed by atoms with Crippen LogP contribution in [0.15, 0.2) is 0 Å². The Balaban J connectivity index is 2.24. The molecular formula is C14H26N2O2. The first-order valence-corrected chi connectivity index (χ1v) is 7.23. The molecule has 0 spiro atoms. The van der Waals surface area contributed by atoms with E-state index in [1.807, 2.05) is 0 Å². The summed E-state index contributed by atoms with van der Waals surface area (Å²) in [5, 5.41) is 5.53. The molecule has 1 aliphatic rings. The second-order valence-electron chi connectivity index (χ2n) is 5.30. The lowest BCUT2D eigenvalue weighted by molar-refractivity contribution is -0.140. The maximum absolute atomic E-state index is 11.7. The number of carbonyl (C=O) groups excluding carboxylic acids is 2. The molecule has 1 aliphatic carbocycles. The average Bonchev–Trinajstić information content (AvgIpc) is 2.37. The molecule has 0 saturated heterocycles. The minimum absolute atomic E-state index is 0.174. The van der Waals surface area contributed by atoms with Gasteiger partial charge in [-0.3, -0.25) is 9.59 Å². The standard InChI is InChI=1S/C14H26N2O2/c1-3-4-7-10-15-13(17)14(18)16-12-9-6-5-8-11(12)2/h11-12H,3-10H2,1-2H3,(H,15,17)(H,16,18)/t11-,12-/m0/s1. The predicted molar refractivity (Wildman–Crippen MR) is 72.1 cm³/mol. The minimum Gasteiger partial charge on any atom is -0.348 e. The normalized spacial score (nSPS) is 23.4. The van der Waals surface area contributed by atoms with E-state index in [1.165, 1.54) is 6.42 Å². The molecule has 0 aromatic heterocycles. The number of unbranched alkanes of at least 4 members (excludes halogenated alkanes) is 2. The number of carbonyl (C=O) groups is 2. The molecule has 2 N–H and O–H groups in total. The molecule has 0 bridgehead atoms. The molecule has 1 rings (SSSR count). The van der Waals surface area contributed by atoms with Crippen LogP contribution in [0.5, 0.6) is 0 Å². The van der Waals surface area contributed by atoms with E-state index in [-0.39, 0.29) is 6.04 Å². The lowest BCUT2D eigenvalue weighted by Gasteiger charge is -2.29. The second-order valence-corrected chi connectivity index (χ2v) is 5.30. The molecule has 2 amide bonds. The Labute approximate surface area is 110 Å². The summed E-state index contributed by atoms with van der Waals surface area (Å²) in [6.45, 7) is 4.85. The molecule has 0 unspecified atom stereocenters. The van der Waals surface area contributed by atoms with Crippen LogP contribution in [-0.4, -0.2) is 24.4 Å². The molecule has 0 aromatic carbocycles. The third kappa shape index (κ3) is 5.07. The number of rotatable bonds is 5. The predicted octanol–water partition coefficient (Wildman–Crippen LogP) is 1.99. The smallest absolute Gasteiger partial charge is 0.309 e. The van der Waals surface area contributed by atoms with E-state index >= 15 is 0 Å². The van der Waals surface area contributed by atoms with Crippen molar-refractivity contribution in [3.05, 3.63) is 0 Å². The quantitative estimate of drug-likeness (QED) is 0.582. The van der Waals surface area contributed by atoms with E-state index in [2.05, 4.69) is 24.5 Å². The van der Waals surface area contributed by atoms with Gasteiger partial charge in [0.05, 0.1) is 0 Å². The van der Waals surface area contributed by atoms with Gasteiger partial charge in [-0.25, -0.2) is 0 Å². The van der Waals surface area contributed by atoms with Gasteiger partial charge in [-0.05, 0) is 25.2 Å². The van der Waals surface area contributed by atoms with Crippen LogP contribution < -0.4 is 10.6 Å². The molecule has 104 valence electrons. The highest BCUT2D eigenvalue weighted by Crippen LogP contribution is 2.23. The number of nitrogens with one attached hydrogen (secondary N) is 2. The highest BCUT2D eigenvalue weighted by atomic mass is 16.2. The van der Waals surface area contributed by atoms with E-state index in [0.29, 0.717) is 12.5 Å². The fraction of sp³-hybridized carbons (Fsp3) is 0.857. The largest absolute Gasteiger partial charge is 0.348 e. The van der Waals surface area contributed by atoms with Crippen LogP contribution in [0.4, 0.5) is 0 Å². The number of hydrogen-bond donors (Lipinski definition) is 2. The fourth-order valence-corrected chi connectivity index (χ4v) is 2.42. The van der Waals surface area contributed by atoms with Crippen molar-refractivity contribution in [2.75, 3.05) is 6.54 Å². The zero-order valence-electron chi connectivity index (χ0n) is 11.6. The second kappa shape index (κ2) is 8.11. The van der Waals surface area contributed by atoms with Crippen molar-refractivity contribution in [1.29, 1.82) is 0 Å². The van der Waals surface area contributed by atoms with Gasteiger partial charge in [-0.2, -0.15) is 0 Å². The minimum atomic E-state index is -0.483. The molecule has 18 heavy (non-hydrogen) atoms. The lowest BCUT2D eigenvalue weighted by atomic mass is 9.86. The number of amides is 2. The van der Waals surface area contributed by atoms with Gasteiger partial charge in [0.1, 0.15) is 0 Å². The van der Waals surface area contributed by atoms with Gasteiger partial charge < -0.3 is 10.6 Å². The first-order valence-electron chi connectivity index (χ1n) is 7.23. The van der Waals surface area contributed by atoms with Gasteiger partial charge in [0.2, 0.25) is 0 Å². The summed E-state index contributed by atoms with van der Waals surface area (Å²) in [6.07, 6.45) is 7.65. The van der Waals surface area contributed by atoms with Gasteiger partial charge in [0, 0.05) is 12.6 Å². The summed E-state index contributed by atoms with van der Waals surface area (Å²) in [7, 11) is 0. The maximum atomic E-state index is 11.7. The zero-order chi connectivity index (χ0) is 13.4. The van der Waals surface area contributed by atoms with Crippen molar-refractivity contribution in [3.63, 3.8) is 0 Å². The van der Waals surface area contributed by atoms with Crippen molar-refractivity contribution in [3.8, 4) is 0 Å². The Morgan fingerprint density at radius 3 is 2.50 bits per heavy atom. The van der Waals surface area contributed by atoms with Gasteiger partial charge in [-0.1, -0.05) is 39.5 Å². The van der Waals surface area contributed by atoms with E-state index in [9.17, 15) is 9.59 Å². The van der Waals surface area contributed by atoms with Crippen LogP contribution in [0, 0.1) is 5.92 Å². The van der Waals surface area contributed by atoms with Crippen molar-refractivity contribution in [1.82, 2.24) is 10.6 Å². The summed E-state index contributed by atoms with van der Waals surface area (Å²) in [5.74, 6) is -0.468. The van der Waals surface area contributed by atoms with Gasteiger partial charge in [-0.15, -0.1) is 0 Å². The van der Waals surface area contributed by atoms with Crippen LogP contribution in [0.25, 0.3) is 0 Å². The summed E-state index contributed by atoms with van der Waals surface area (Å²) in [4.78, 5) is 23.3. The maximum Gasteiger partial charge on any atom is 0.309 e. The Morgan fingerprint density at radius 1 is 1.11 bits per heavy atom.